The van der Waals surface area contributed by atoms with Crippen LogP contribution in [0.3, 0.4) is 0 Å². The molecule has 0 saturated carbocycles. The molecule has 1 atom stereocenters. The molecule has 9 heteroatoms. The summed E-state index contributed by atoms with van der Waals surface area (Å²) in [6.45, 7) is 3.05. The third-order valence-corrected chi connectivity index (χ3v) is 5.14. The van der Waals surface area contributed by atoms with Gasteiger partial charge in [-0.05, 0) is 25.8 Å². The number of carbonyl (C=O) groups excluding carboxylic acids is 1. The SMILES string of the molecule is Cc1cc(C(=O)N2CCCC(n3c(=O)n(C)c4cncnc43)C2)nn1C. The number of aromatic nitrogens is 6. The van der Waals surface area contributed by atoms with E-state index in [2.05, 4.69) is 15.1 Å². The van der Waals surface area contributed by atoms with Gasteiger partial charge in [0, 0.05) is 32.9 Å². The summed E-state index contributed by atoms with van der Waals surface area (Å²) in [5, 5.41) is 4.29. The van der Waals surface area contributed by atoms with Crippen molar-refractivity contribution in [1.82, 2.24) is 33.8 Å². The molecule has 1 aliphatic heterocycles. The van der Waals surface area contributed by atoms with Crippen LogP contribution in [0.2, 0.25) is 0 Å². The van der Waals surface area contributed by atoms with Crippen LogP contribution in [0.4, 0.5) is 0 Å². The highest BCUT2D eigenvalue weighted by Crippen LogP contribution is 2.24. The number of piperidine rings is 1. The second-order valence-electron chi connectivity index (χ2n) is 6.78. The molecular weight excluding hydrogens is 334 g/mol. The third kappa shape index (κ3) is 2.51. The Kier molecular flexibility index (Phi) is 3.86. The molecule has 0 radical (unpaired) electrons. The normalized spacial score (nSPS) is 17.8. The van der Waals surface area contributed by atoms with Crippen LogP contribution >= 0.6 is 0 Å². The lowest BCUT2D eigenvalue weighted by atomic mass is 10.0. The summed E-state index contributed by atoms with van der Waals surface area (Å²) >= 11 is 0. The average Bonchev–Trinajstić information content (AvgIpc) is 3.12. The third-order valence-electron chi connectivity index (χ3n) is 5.14. The average molecular weight is 355 g/mol. The van der Waals surface area contributed by atoms with Crippen molar-refractivity contribution >= 4 is 17.1 Å². The lowest BCUT2D eigenvalue weighted by Crippen LogP contribution is -2.43. The molecule has 1 aliphatic rings. The van der Waals surface area contributed by atoms with Gasteiger partial charge in [0.2, 0.25) is 0 Å². The van der Waals surface area contributed by atoms with E-state index in [1.165, 1.54) is 6.33 Å². The minimum atomic E-state index is -0.131. The predicted molar refractivity (Wildman–Crippen MR) is 94.9 cm³/mol. The van der Waals surface area contributed by atoms with Gasteiger partial charge in [-0.15, -0.1) is 0 Å². The van der Waals surface area contributed by atoms with Crippen LogP contribution in [0.1, 0.15) is 35.1 Å². The molecule has 9 nitrogen and oxygen atoms in total. The minimum Gasteiger partial charge on any atom is -0.335 e. The van der Waals surface area contributed by atoms with Gasteiger partial charge in [0.1, 0.15) is 11.8 Å². The Morgan fingerprint density at radius 1 is 1.31 bits per heavy atom. The Balaban J connectivity index is 1.67. The van der Waals surface area contributed by atoms with Gasteiger partial charge in [0.15, 0.2) is 11.3 Å². The summed E-state index contributed by atoms with van der Waals surface area (Å²) < 4.78 is 4.94. The molecule has 3 aromatic heterocycles. The van der Waals surface area contributed by atoms with Gasteiger partial charge in [0.05, 0.1) is 12.2 Å². The van der Waals surface area contributed by atoms with E-state index in [1.54, 1.807) is 38.0 Å². The summed E-state index contributed by atoms with van der Waals surface area (Å²) in [7, 11) is 3.54. The zero-order chi connectivity index (χ0) is 18.4. The lowest BCUT2D eigenvalue weighted by Gasteiger charge is -2.32. The lowest BCUT2D eigenvalue weighted by molar-refractivity contribution is 0.0672. The van der Waals surface area contributed by atoms with Gasteiger partial charge in [-0.2, -0.15) is 5.10 Å². The van der Waals surface area contributed by atoms with Gasteiger partial charge < -0.3 is 4.90 Å². The Morgan fingerprint density at radius 3 is 2.85 bits per heavy atom. The van der Waals surface area contributed by atoms with Crippen molar-refractivity contribution in [2.45, 2.75) is 25.8 Å². The first-order valence-electron chi connectivity index (χ1n) is 8.64. The van der Waals surface area contributed by atoms with Gasteiger partial charge >= 0.3 is 5.69 Å². The summed E-state index contributed by atoms with van der Waals surface area (Å²) in [6.07, 6.45) is 4.74. The van der Waals surface area contributed by atoms with Crippen LogP contribution < -0.4 is 5.69 Å². The van der Waals surface area contributed by atoms with Gasteiger partial charge in [0.25, 0.3) is 5.91 Å². The van der Waals surface area contributed by atoms with Crippen molar-refractivity contribution in [3.05, 3.63) is 40.5 Å². The molecule has 1 fully saturated rings. The Hall–Kier alpha value is -2.97. The Labute approximate surface area is 149 Å². The molecule has 26 heavy (non-hydrogen) atoms. The fraction of sp³-hybridized carbons (Fsp3) is 0.471. The number of aryl methyl sites for hydroxylation is 3. The summed E-state index contributed by atoms with van der Waals surface area (Å²) in [5.74, 6) is -0.0960. The van der Waals surface area contributed by atoms with Gasteiger partial charge in [-0.25, -0.2) is 14.8 Å². The number of fused-ring (bicyclic) bond motifs is 1. The fourth-order valence-corrected chi connectivity index (χ4v) is 3.60. The van der Waals surface area contributed by atoms with E-state index in [0.29, 0.717) is 29.9 Å². The second-order valence-corrected chi connectivity index (χ2v) is 6.78. The molecule has 0 aliphatic carbocycles. The molecule has 136 valence electrons. The number of nitrogens with zero attached hydrogens (tertiary/aromatic N) is 7. The van der Waals surface area contributed by atoms with Crippen molar-refractivity contribution in [3.63, 3.8) is 0 Å². The molecular formula is C17H21N7O2. The highest BCUT2D eigenvalue weighted by Gasteiger charge is 2.29. The topological polar surface area (TPSA) is 90.8 Å². The first kappa shape index (κ1) is 16.5. The zero-order valence-electron chi connectivity index (χ0n) is 15.1. The maximum atomic E-state index is 12.8. The predicted octanol–water partition coefficient (Wildman–Crippen LogP) is 0.649. The van der Waals surface area contributed by atoms with Crippen molar-refractivity contribution in [1.29, 1.82) is 0 Å². The van der Waals surface area contributed by atoms with Crippen LogP contribution in [0.5, 0.6) is 0 Å². The molecule has 0 aromatic carbocycles. The molecule has 0 bridgehead atoms. The first-order valence-corrected chi connectivity index (χ1v) is 8.64. The Bertz CT molecular complexity index is 1030. The number of carbonyl (C=O) groups is 1. The molecule has 0 spiro atoms. The molecule has 4 rings (SSSR count). The van der Waals surface area contributed by atoms with E-state index in [1.807, 2.05) is 14.0 Å². The molecule has 1 saturated heterocycles. The number of amides is 1. The maximum Gasteiger partial charge on any atom is 0.330 e. The first-order chi connectivity index (χ1) is 12.5. The molecule has 0 N–H and O–H groups in total. The molecule has 4 heterocycles. The van der Waals surface area contributed by atoms with Crippen molar-refractivity contribution in [3.8, 4) is 0 Å². The molecule has 1 unspecified atom stereocenters. The minimum absolute atomic E-state index is 0.0960. The maximum absolute atomic E-state index is 12.8. The summed E-state index contributed by atoms with van der Waals surface area (Å²) in [4.78, 5) is 35.6. The van der Waals surface area contributed by atoms with Crippen LogP contribution in [-0.2, 0) is 14.1 Å². The number of hydrogen-bond acceptors (Lipinski definition) is 5. The van der Waals surface area contributed by atoms with Crippen LogP contribution in [0.15, 0.2) is 23.4 Å². The van der Waals surface area contributed by atoms with Crippen LogP contribution in [0.25, 0.3) is 11.2 Å². The number of imidazole rings is 1. The highest BCUT2D eigenvalue weighted by atomic mass is 16.2. The quantitative estimate of drug-likeness (QED) is 0.673. The van der Waals surface area contributed by atoms with Crippen molar-refractivity contribution in [2.24, 2.45) is 14.1 Å². The smallest absolute Gasteiger partial charge is 0.330 e. The molecule has 3 aromatic rings. The van der Waals surface area contributed by atoms with E-state index in [9.17, 15) is 9.59 Å². The molecule has 1 amide bonds. The number of rotatable bonds is 2. The monoisotopic (exact) mass is 355 g/mol. The van der Waals surface area contributed by atoms with E-state index in [4.69, 9.17) is 0 Å². The van der Waals surface area contributed by atoms with Gasteiger partial charge in [-0.3, -0.25) is 18.6 Å². The largest absolute Gasteiger partial charge is 0.335 e. The fourth-order valence-electron chi connectivity index (χ4n) is 3.60. The second kappa shape index (κ2) is 6.08. The summed E-state index contributed by atoms with van der Waals surface area (Å²) in [6, 6.07) is 1.69. The van der Waals surface area contributed by atoms with Crippen LogP contribution in [-0.4, -0.2) is 52.8 Å². The van der Waals surface area contributed by atoms with Gasteiger partial charge in [-0.1, -0.05) is 0 Å². The number of likely N-dealkylation sites (tertiary alicyclic amines) is 1. The standard InChI is InChI=1S/C17H21N7O2/c1-11-7-13(20-22(11)3)16(25)23-6-4-5-12(9-23)24-15-14(8-18-10-19-15)21(2)17(24)26/h7-8,10,12H,4-6,9H2,1-3H3. The summed E-state index contributed by atoms with van der Waals surface area (Å²) in [5.41, 5.74) is 2.55. The van der Waals surface area contributed by atoms with E-state index < -0.39 is 0 Å². The Morgan fingerprint density at radius 2 is 2.12 bits per heavy atom. The van der Waals surface area contributed by atoms with E-state index in [0.717, 1.165) is 18.5 Å². The van der Waals surface area contributed by atoms with Crippen molar-refractivity contribution in [2.75, 3.05) is 13.1 Å². The highest BCUT2D eigenvalue weighted by molar-refractivity contribution is 5.92. The van der Waals surface area contributed by atoms with E-state index in [-0.39, 0.29) is 17.6 Å². The van der Waals surface area contributed by atoms with E-state index >= 15 is 0 Å². The van der Waals surface area contributed by atoms with Crippen LogP contribution in [0, 0.1) is 6.92 Å². The number of hydrogen-bond donors (Lipinski definition) is 0. The zero-order valence-corrected chi connectivity index (χ0v) is 15.1. The van der Waals surface area contributed by atoms with Crippen molar-refractivity contribution < 1.29 is 4.79 Å².